The molecule has 0 spiro atoms. The van der Waals surface area contributed by atoms with E-state index in [-0.39, 0.29) is 0 Å². The van der Waals surface area contributed by atoms with Gasteiger partial charge in [0.1, 0.15) is 0 Å². The molecule has 2 heteroatoms. The lowest BCUT2D eigenvalue weighted by Gasteiger charge is -2.47. The van der Waals surface area contributed by atoms with E-state index >= 15 is 0 Å². The quantitative estimate of drug-likeness (QED) is 0.766. The monoisotopic (exact) mass is 284 g/mol. The third-order valence-corrected chi connectivity index (χ3v) is 5.30. The van der Waals surface area contributed by atoms with Gasteiger partial charge in [-0.2, -0.15) is 0 Å². The van der Waals surface area contributed by atoms with Crippen LogP contribution in [0.5, 0.6) is 0 Å². The number of hydrogen-bond donors (Lipinski definition) is 0. The summed E-state index contributed by atoms with van der Waals surface area (Å²) in [6.45, 7) is 7.31. The van der Waals surface area contributed by atoms with Crippen molar-refractivity contribution >= 4 is 6.21 Å². The van der Waals surface area contributed by atoms with Gasteiger partial charge in [0.2, 0.25) is 0 Å². The van der Waals surface area contributed by atoms with Crippen LogP contribution in [0, 0.1) is 11.8 Å². The SMILES string of the molecule is CC(C)[C@H]1CCN2CCCC[C@H]2[C@@H]1N=Cc1ccccc1. The van der Waals surface area contributed by atoms with Crippen LogP contribution in [0.4, 0.5) is 0 Å². The fourth-order valence-corrected chi connectivity index (χ4v) is 4.10. The van der Waals surface area contributed by atoms with Crippen LogP contribution in [-0.4, -0.2) is 36.3 Å². The second kappa shape index (κ2) is 6.74. The van der Waals surface area contributed by atoms with Gasteiger partial charge in [-0.05, 0) is 49.8 Å². The van der Waals surface area contributed by atoms with E-state index in [2.05, 4.69) is 55.3 Å². The summed E-state index contributed by atoms with van der Waals surface area (Å²) in [5.74, 6) is 1.47. The number of benzene rings is 1. The van der Waals surface area contributed by atoms with Crippen LogP contribution >= 0.6 is 0 Å². The first kappa shape index (κ1) is 14.8. The molecule has 2 nitrogen and oxygen atoms in total. The summed E-state index contributed by atoms with van der Waals surface area (Å²) in [5.41, 5.74) is 1.23. The normalized spacial score (nSPS) is 30.7. The minimum absolute atomic E-state index is 0.485. The maximum absolute atomic E-state index is 5.07. The zero-order valence-electron chi connectivity index (χ0n) is 13.4. The average Bonchev–Trinajstić information content (AvgIpc) is 2.53. The Morgan fingerprint density at radius 1 is 1.10 bits per heavy atom. The number of fused-ring (bicyclic) bond motifs is 1. The molecule has 0 bridgehead atoms. The van der Waals surface area contributed by atoms with Crippen LogP contribution in [0.3, 0.4) is 0 Å². The Labute approximate surface area is 129 Å². The molecule has 2 aliphatic rings. The van der Waals surface area contributed by atoms with Crippen LogP contribution in [0.15, 0.2) is 35.3 Å². The molecule has 2 fully saturated rings. The van der Waals surface area contributed by atoms with Gasteiger partial charge in [0, 0.05) is 12.3 Å². The largest absolute Gasteiger partial charge is 0.298 e. The van der Waals surface area contributed by atoms with E-state index in [4.69, 9.17) is 4.99 Å². The fraction of sp³-hybridized carbons (Fsp3) is 0.632. The van der Waals surface area contributed by atoms with Crippen molar-refractivity contribution < 1.29 is 0 Å². The number of rotatable bonds is 3. The lowest BCUT2D eigenvalue weighted by molar-refractivity contribution is 0.0447. The highest BCUT2D eigenvalue weighted by molar-refractivity contribution is 5.79. The lowest BCUT2D eigenvalue weighted by Crippen LogP contribution is -2.54. The van der Waals surface area contributed by atoms with Gasteiger partial charge in [0.15, 0.2) is 0 Å². The summed E-state index contributed by atoms with van der Waals surface area (Å²) in [5, 5.41) is 0. The molecule has 2 saturated heterocycles. The van der Waals surface area contributed by atoms with Crippen LogP contribution in [-0.2, 0) is 0 Å². The molecule has 0 N–H and O–H groups in total. The van der Waals surface area contributed by atoms with Gasteiger partial charge < -0.3 is 0 Å². The van der Waals surface area contributed by atoms with Crippen molar-refractivity contribution in [1.29, 1.82) is 0 Å². The van der Waals surface area contributed by atoms with Gasteiger partial charge in [-0.1, -0.05) is 50.6 Å². The average molecular weight is 284 g/mol. The summed E-state index contributed by atoms with van der Waals surface area (Å²) in [4.78, 5) is 7.78. The van der Waals surface area contributed by atoms with Crippen molar-refractivity contribution in [3.63, 3.8) is 0 Å². The molecule has 0 saturated carbocycles. The minimum atomic E-state index is 0.485. The maximum atomic E-state index is 5.07. The summed E-state index contributed by atoms with van der Waals surface area (Å²) < 4.78 is 0. The molecule has 0 aliphatic carbocycles. The third-order valence-electron chi connectivity index (χ3n) is 5.30. The van der Waals surface area contributed by atoms with Gasteiger partial charge in [-0.15, -0.1) is 0 Å². The summed E-state index contributed by atoms with van der Waals surface area (Å²) in [7, 11) is 0. The highest BCUT2D eigenvalue weighted by Gasteiger charge is 2.39. The van der Waals surface area contributed by atoms with Crippen molar-refractivity contribution in [3.05, 3.63) is 35.9 Å². The van der Waals surface area contributed by atoms with Crippen molar-refractivity contribution in [1.82, 2.24) is 4.90 Å². The Morgan fingerprint density at radius 3 is 2.67 bits per heavy atom. The highest BCUT2D eigenvalue weighted by Crippen LogP contribution is 2.35. The molecule has 0 amide bonds. The number of piperidine rings is 2. The molecule has 0 radical (unpaired) electrons. The second-order valence-electron chi connectivity index (χ2n) is 6.98. The lowest BCUT2D eigenvalue weighted by atomic mass is 9.76. The van der Waals surface area contributed by atoms with Crippen LogP contribution in [0.1, 0.15) is 45.1 Å². The van der Waals surface area contributed by atoms with Gasteiger partial charge in [-0.3, -0.25) is 9.89 Å². The van der Waals surface area contributed by atoms with Crippen molar-refractivity contribution in [2.75, 3.05) is 13.1 Å². The molecular formula is C19H28N2. The molecule has 0 aromatic heterocycles. The first-order chi connectivity index (χ1) is 10.3. The number of hydrogen-bond acceptors (Lipinski definition) is 2. The number of aliphatic imine (C=N–C) groups is 1. The zero-order chi connectivity index (χ0) is 14.7. The van der Waals surface area contributed by atoms with Crippen molar-refractivity contribution in [2.24, 2.45) is 16.8 Å². The van der Waals surface area contributed by atoms with Crippen LogP contribution < -0.4 is 0 Å². The predicted molar refractivity (Wildman–Crippen MR) is 90.0 cm³/mol. The molecule has 2 aliphatic heterocycles. The standard InChI is InChI=1S/C19H28N2/c1-15(2)17-11-13-21-12-7-6-10-18(21)19(17)20-14-16-8-4-3-5-9-16/h3-5,8-9,14-15,17-19H,6-7,10-13H2,1-2H3/t17-,18+,19-/m1/s1. The molecule has 114 valence electrons. The van der Waals surface area contributed by atoms with Gasteiger partial charge in [-0.25, -0.2) is 0 Å². The maximum Gasteiger partial charge on any atom is 0.0686 e. The Balaban J connectivity index is 1.80. The first-order valence-electron chi connectivity index (χ1n) is 8.58. The molecule has 1 aromatic carbocycles. The van der Waals surface area contributed by atoms with E-state index < -0.39 is 0 Å². The smallest absolute Gasteiger partial charge is 0.0686 e. The highest BCUT2D eigenvalue weighted by atomic mass is 15.2. The topological polar surface area (TPSA) is 15.6 Å². The Hall–Kier alpha value is -1.15. The van der Waals surface area contributed by atoms with E-state index in [9.17, 15) is 0 Å². The Bertz CT molecular complexity index is 466. The molecular weight excluding hydrogens is 256 g/mol. The zero-order valence-corrected chi connectivity index (χ0v) is 13.4. The number of nitrogens with zero attached hydrogens (tertiary/aromatic N) is 2. The Kier molecular flexibility index (Phi) is 4.74. The van der Waals surface area contributed by atoms with E-state index in [1.54, 1.807) is 0 Å². The molecule has 3 atom stereocenters. The molecule has 21 heavy (non-hydrogen) atoms. The van der Waals surface area contributed by atoms with Crippen LogP contribution in [0.2, 0.25) is 0 Å². The minimum Gasteiger partial charge on any atom is -0.298 e. The van der Waals surface area contributed by atoms with Crippen molar-refractivity contribution in [2.45, 2.75) is 51.6 Å². The van der Waals surface area contributed by atoms with Crippen LogP contribution in [0.25, 0.3) is 0 Å². The molecule has 1 aromatic rings. The fourth-order valence-electron chi connectivity index (χ4n) is 4.10. The molecule has 3 rings (SSSR count). The van der Waals surface area contributed by atoms with Gasteiger partial charge >= 0.3 is 0 Å². The summed E-state index contributed by atoms with van der Waals surface area (Å²) >= 11 is 0. The molecule has 0 unspecified atom stereocenters. The van der Waals surface area contributed by atoms with E-state index in [1.807, 2.05) is 0 Å². The third kappa shape index (κ3) is 3.37. The van der Waals surface area contributed by atoms with E-state index in [0.717, 1.165) is 11.8 Å². The van der Waals surface area contributed by atoms with E-state index in [0.29, 0.717) is 12.1 Å². The first-order valence-corrected chi connectivity index (χ1v) is 8.58. The van der Waals surface area contributed by atoms with Crippen molar-refractivity contribution in [3.8, 4) is 0 Å². The van der Waals surface area contributed by atoms with Gasteiger partial charge in [0.05, 0.1) is 6.04 Å². The summed E-state index contributed by atoms with van der Waals surface area (Å²) in [6, 6.07) is 11.7. The molecule has 2 heterocycles. The van der Waals surface area contributed by atoms with E-state index in [1.165, 1.54) is 44.3 Å². The second-order valence-corrected chi connectivity index (χ2v) is 6.98. The Morgan fingerprint density at radius 2 is 1.90 bits per heavy atom. The predicted octanol–water partition coefficient (Wildman–Crippen LogP) is 4.00. The van der Waals surface area contributed by atoms with Gasteiger partial charge in [0.25, 0.3) is 0 Å². The summed E-state index contributed by atoms with van der Waals surface area (Å²) in [6.07, 6.45) is 7.50.